The first-order valence-electron chi connectivity index (χ1n) is 5.70. The number of anilines is 1. The average Bonchev–Trinajstić information content (AvgIpc) is 2.64. The molecule has 0 aliphatic carbocycles. The van der Waals surface area contributed by atoms with E-state index in [2.05, 4.69) is 15.5 Å². The predicted molar refractivity (Wildman–Crippen MR) is 64.7 cm³/mol. The topological polar surface area (TPSA) is 86.1 Å². The van der Waals surface area contributed by atoms with Crippen molar-refractivity contribution in [1.82, 2.24) is 15.0 Å². The highest BCUT2D eigenvalue weighted by Gasteiger charge is 2.22. The van der Waals surface area contributed by atoms with Crippen LogP contribution in [-0.4, -0.2) is 33.5 Å². The Morgan fingerprint density at radius 1 is 1.44 bits per heavy atom. The average molecular weight is 254 g/mol. The molecule has 0 unspecified atom stereocenters. The maximum absolute atomic E-state index is 11.7. The van der Waals surface area contributed by atoms with Crippen LogP contribution < -0.4 is 5.32 Å². The third-order valence-electron chi connectivity index (χ3n) is 2.04. The lowest BCUT2D eigenvalue weighted by Crippen LogP contribution is -2.27. The molecule has 0 saturated carbocycles. The first-order valence-corrected chi connectivity index (χ1v) is 5.70. The summed E-state index contributed by atoms with van der Waals surface area (Å²) in [6, 6.07) is 0. The number of nitrogens with one attached hydrogen (secondary N) is 1. The highest BCUT2D eigenvalue weighted by molar-refractivity contribution is 5.93. The van der Waals surface area contributed by atoms with E-state index in [9.17, 15) is 9.59 Å². The Hall–Kier alpha value is -1.92. The minimum atomic E-state index is -0.509. The zero-order valence-corrected chi connectivity index (χ0v) is 11.1. The summed E-state index contributed by atoms with van der Waals surface area (Å²) in [6.45, 7) is 7.36. The fourth-order valence-electron chi connectivity index (χ4n) is 1.06. The number of nitrogens with zero attached hydrogens (tertiary/aromatic N) is 3. The van der Waals surface area contributed by atoms with Gasteiger partial charge in [0.15, 0.2) is 12.4 Å². The second kappa shape index (κ2) is 5.61. The summed E-state index contributed by atoms with van der Waals surface area (Å²) in [7, 11) is 0. The summed E-state index contributed by atoms with van der Waals surface area (Å²) in [5.41, 5.74) is -0.509. The van der Waals surface area contributed by atoms with Gasteiger partial charge in [-0.25, -0.2) is 4.79 Å². The van der Waals surface area contributed by atoms with E-state index < -0.39 is 11.4 Å². The number of hydrogen-bond donors (Lipinski definition) is 1. The summed E-state index contributed by atoms with van der Waals surface area (Å²) in [5, 5.41) is 10.4. The zero-order valence-electron chi connectivity index (χ0n) is 11.1. The SMILES string of the molecule is CCOC(=O)Cn1ncc(NC(=O)C(C)(C)C)n1. The lowest BCUT2D eigenvalue weighted by Gasteiger charge is -2.15. The molecule has 0 bridgehead atoms. The molecular weight excluding hydrogens is 236 g/mol. The van der Waals surface area contributed by atoms with Gasteiger partial charge in [-0.1, -0.05) is 20.8 Å². The Bertz CT molecular complexity index is 434. The number of ether oxygens (including phenoxy) is 1. The number of carbonyl (C=O) groups excluding carboxylic acids is 2. The minimum absolute atomic E-state index is 0.0702. The van der Waals surface area contributed by atoms with E-state index in [1.165, 1.54) is 11.0 Å². The summed E-state index contributed by atoms with van der Waals surface area (Å²) < 4.78 is 4.76. The van der Waals surface area contributed by atoms with Crippen LogP contribution in [0.4, 0.5) is 5.82 Å². The Kier molecular flexibility index (Phi) is 4.41. The second-order valence-electron chi connectivity index (χ2n) is 4.77. The highest BCUT2D eigenvalue weighted by Crippen LogP contribution is 2.15. The van der Waals surface area contributed by atoms with Gasteiger partial charge in [0.1, 0.15) is 0 Å². The molecule has 0 saturated heterocycles. The molecule has 1 aromatic rings. The Labute approximate surface area is 105 Å². The van der Waals surface area contributed by atoms with Gasteiger partial charge >= 0.3 is 5.97 Å². The van der Waals surface area contributed by atoms with Gasteiger partial charge in [-0.3, -0.25) is 4.79 Å². The summed E-state index contributed by atoms with van der Waals surface area (Å²) in [5.74, 6) is -0.258. The number of esters is 1. The van der Waals surface area contributed by atoms with E-state index in [1.54, 1.807) is 27.7 Å². The van der Waals surface area contributed by atoms with Crippen LogP contribution in [0.15, 0.2) is 6.20 Å². The molecule has 0 fully saturated rings. The van der Waals surface area contributed by atoms with E-state index in [0.29, 0.717) is 12.4 Å². The lowest BCUT2D eigenvalue weighted by molar-refractivity contribution is -0.144. The quantitative estimate of drug-likeness (QED) is 0.804. The summed E-state index contributed by atoms with van der Waals surface area (Å²) in [4.78, 5) is 24.1. The van der Waals surface area contributed by atoms with E-state index >= 15 is 0 Å². The van der Waals surface area contributed by atoms with Gasteiger partial charge in [-0.15, -0.1) is 5.10 Å². The van der Waals surface area contributed by atoms with Crippen LogP contribution in [0.1, 0.15) is 27.7 Å². The van der Waals surface area contributed by atoms with Crippen LogP contribution in [0, 0.1) is 5.41 Å². The third kappa shape index (κ3) is 4.15. The fourth-order valence-corrected chi connectivity index (χ4v) is 1.06. The second-order valence-corrected chi connectivity index (χ2v) is 4.77. The van der Waals surface area contributed by atoms with E-state index in [1.807, 2.05) is 0 Å². The van der Waals surface area contributed by atoms with Crippen molar-refractivity contribution in [3.63, 3.8) is 0 Å². The number of hydrogen-bond acceptors (Lipinski definition) is 5. The van der Waals surface area contributed by atoms with Crippen molar-refractivity contribution in [1.29, 1.82) is 0 Å². The largest absolute Gasteiger partial charge is 0.465 e. The third-order valence-corrected chi connectivity index (χ3v) is 2.04. The summed E-state index contributed by atoms with van der Waals surface area (Å²) in [6.07, 6.45) is 1.39. The standard InChI is InChI=1S/C11H18N4O3/c1-5-18-9(16)7-15-12-6-8(14-15)13-10(17)11(2,3)4/h6H,5,7H2,1-4H3,(H,13,14,17). The first kappa shape index (κ1) is 14.1. The highest BCUT2D eigenvalue weighted by atomic mass is 16.5. The van der Waals surface area contributed by atoms with Crippen molar-refractivity contribution in [2.75, 3.05) is 11.9 Å². The molecule has 0 atom stereocenters. The van der Waals surface area contributed by atoms with Gasteiger partial charge in [0, 0.05) is 5.41 Å². The normalized spacial score (nSPS) is 11.1. The van der Waals surface area contributed by atoms with Crippen LogP contribution in [0.3, 0.4) is 0 Å². The van der Waals surface area contributed by atoms with E-state index in [4.69, 9.17) is 4.74 Å². The number of carbonyl (C=O) groups is 2. The minimum Gasteiger partial charge on any atom is -0.465 e. The number of aromatic nitrogens is 3. The van der Waals surface area contributed by atoms with Crippen molar-refractivity contribution in [3.05, 3.63) is 6.20 Å². The first-order chi connectivity index (χ1) is 8.32. The van der Waals surface area contributed by atoms with Gasteiger partial charge in [0.25, 0.3) is 0 Å². The fraction of sp³-hybridized carbons (Fsp3) is 0.636. The van der Waals surface area contributed by atoms with Crippen molar-refractivity contribution in [3.8, 4) is 0 Å². The van der Waals surface area contributed by atoms with Crippen LogP contribution in [0.25, 0.3) is 0 Å². The molecule has 0 aliphatic heterocycles. The molecule has 1 aromatic heterocycles. The number of rotatable bonds is 4. The van der Waals surface area contributed by atoms with Crippen molar-refractivity contribution in [2.45, 2.75) is 34.2 Å². The molecule has 7 heteroatoms. The van der Waals surface area contributed by atoms with Crippen LogP contribution in [0.2, 0.25) is 0 Å². The molecule has 0 spiro atoms. The predicted octanol–water partition coefficient (Wildman–Crippen LogP) is 0.826. The van der Waals surface area contributed by atoms with E-state index in [0.717, 1.165) is 0 Å². The van der Waals surface area contributed by atoms with Gasteiger partial charge < -0.3 is 10.1 Å². The molecule has 0 aliphatic rings. The van der Waals surface area contributed by atoms with Gasteiger partial charge in [0.2, 0.25) is 5.91 Å². The van der Waals surface area contributed by atoms with Gasteiger partial charge in [-0.05, 0) is 6.92 Å². The Morgan fingerprint density at radius 3 is 2.67 bits per heavy atom. The molecule has 1 N–H and O–H groups in total. The molecular formula is C11H18N4O3. The molecule has 100 valence electrons. The van der Waals surface area contributed by atoms with Crippen LogP contribution in [0.5, 0.6) is 0 Å². The molecule has 1 amide bonds. The maximum Gasteiger partial charge on any atom is 0.329 e. The molecule has 0 radical (unpaired) electrons. The van der Waals surface area contributed by atoms with Gasteiger partial charge in [0.05, 0.1) is 12.8 Å². The van der Waals surface area contributed by atoms with Crippen LogP contribution in [-0.2, 0) is 20.9 Å². The zero-order chi connectivity index (χ0) is 13.8. The summed E-state index contributed by atoms with van der Waals surface area (Å²) >= 11 is 0. The number of amides is 1. The monoisotopic (exact) mass is 254 g/mol. The van der Waals surface area contributed by atoms with Crippen molar-refractivity contribution in [2.24, 2.45) is 5.41 Å². The molecule has 0 aromatic carbocycles. The van der Waals surface area contributed by atoms with E-state index in [-0.39, 0.29) is 12.5 Å². The van der Waals surface area contributed by atoms with Crippen molar-refractivity contribution >= 4 is 17.7 Å². The molecule has 18 heavy (non-hydrogen) atoms. The van der Waals surface area contributed by atoms with Crippen LogP contribution >= 0.6 is 0 Å². The molecule has 1 heterocycles. The molecule has 7 nitrogen and oxygen atoms in total. The lowest BCUT2D eigenvalue weighted by atomic mass is 9.96. The van der Waals surface area contributed by atoms with Crippen molar-refractivity contribution < 1.29 is 14.3 Å². The molecule has 1 rings (SSSR count). The Balaban J connectivity index is 2.59. The van der Waals surface area contributed by atoms with Gasteiger partial charge in [-0.2, -0.15) is 9.90 Å². The maximum atomic E-state index is 11.7. The smallest absolute Gasteiger partial charge is 0.329 e. The Morgan fingerprint density at radius 2 is 2.11 bits per heavy atom.